The van der Waals surface area contributed by atoms with Gasteiger partial charge >= 0.3 is 0 Å². The fraction of sp³-hybridized carbons (Fsp3) is 0.600. The molecular weight excluding hydrogens is 150 g/mol. The largest absolute Gasteiger partial charge is 0.464 e. The number of furan rings is 1. The Morgan fingerprint density at radius 3 is 2.67 bits per heavy atom. The second kappa shape index (κ2) is 2.36. The van der Waals surface area contributed by atoms with Crippen molar-refractivity contribution >= 4 is 0 Å². The van der Waals surface area contributed by atoms with E-state index in [4.69, 9.17) is 4.42 Å². The highest BCUT2D eigenvalue weighted by Crippen LogP contribution is 2.29. The summed E-state index contributed by atoms with van der Waals surface area (Å²) in [5, 5.41) is 3.25. The Kier molecular flexibility index (Phi) is 1.55. The number of fused-ring (bicyclic) bond motifs is 1. The first-order chi connectivity index (χ1) is 5.57. The molecule has 1 aromatic heterocycles. The van der Waals surface area contributed by atoms with Gasteiger partial charge in [-0.25, -0.2) is 0 Å². The van der Waals surface area contributed by atoms with E-state index < -0.39 is 0 Å². The van der Waals surface area contributed by atoms with Crippen LogP contribution < -0.4 is 5.32 Å². The van der Waals surface area contributed by atoms with Gasteiger partial charge in [-0.1, -0.05) is 20.8 Å². The van der Waals surface area contributed by atoms with Gasteiger partial charge in [0.15, 0.2) is 0 Å². The molecule has 0 atom stereocenters. The summed E-state index contributed by atoms with van der Waals surface area (Å²) >= 11 is 0. The first kappa shape index (κ1) is 7.87. The molecule has 0 unspecified atom stereocenters. The topological polar surface area (TPSA) is 25.2 Å². The van der Waals surface area contributed by atoms with Crippen molar-refractivity contribution in [2.45, 2.75) is 39.3 Å². The van der Waals surface area contributed by atoms with Gasteiger partial charge in [0.1, 0.15) is 11.5 Å². The zero-order valence-electron chi connectivity index (χ0n) is 7.90. The maximum atomic E-state index is 5.73. The van der Waals surface area contributed by atoms with Crippen LogP contribution in [-0.4, -0.2) is 0 Å². The molecule has 2 rings (SSSR count). The van der Waals surface area contributed by atoms with E-state index in [1.807, 2.05) is 0 Å². The minimum absolute atomic E-state index is 0.143. The number of rotatable bonds is 0. The van der Waals surface area contributed by atoms with Crippen molar-refractivity contribution in [1.82, 2.24) is 5.32 Å². The van der Waals surface area contributed by atoms with Crippen molar-refractivity contribution in [3.05, 3.63) is 23.2 Å². The molecule has 1 aromatic rings. The molecule has 66 valence electrons. The number of nitrogens with one attached hydrogen (secondary N) is 1. The Bertz CT molecular complexity index is 272. The molecule has 2 heterocycles. The van der Waals surface area contributed by atoms with E-state index in [-0.39, 0.29) is 5.41 Å². The second-order valence-corrected chi connectivity index (χ2v) is 4.41. The minimum Gasteiger partial charge on any atom is -0.464 e. The summed E-state index contributed by atoms with van der Waals surface area (Å²) in [5.74, 6) is 2.23. The van der Waals surface area contributed by atoms with E-state index in [2.05, 4.69) is 32.2 Å². The van der Waals surface area contributed by atoms with Crippen LogP contribution in [-0.2, 0) is 18.5 Å². The quantitative estimate of drug-likeness (QED) is 0.637. The molecule has 1 N–H and O–H groups in total. The molecular formula is C10H15NO. The van der Waals surface area contributed by atoms with Crippen LogP contribution in [0.5, 0.6) is 0 Å². The molecule has 0 radical (unpaired) electrons. The lowest BCUT2D eigenvalue weighted by Gasteiger charge is -2.14. The Labute approximate surface area is 73.0 Å². The van der Waals surface area contributed by atoms with Gasteiger partial charge in [-0.2, -0.15) is 0 Å². The highest BCUT2D eigenvalue weighted by Gasteiger charge is 2.23. The molecule has 0 spiro atoms. The van der Waals surface area contributed by atoms with Crippen molar-refractivity contribution in [2.24, 2.45) is 0 Å². The standard InChI is InChI=1S/C10H15NO/c1-10(2,3)9-4-7-5-11-6-8(7)12-9/h4,11H,5-6H2,1-3H3. The molecule has 0 fully saturated rings. The van der Waals surface area contributed by atoms with Gasteiger partial charge in [0.25, 0.3) is 0 Å². The zero-order chi connectivity index (χ0) is 8.77. The normalized spacial score (nSPS) is 16.6. The molecule has 0 saturated heterocycles. The highest BCUT2D eigenvalue weighted by atomic mass is 16.3. The molecule has 0 saturated carbocycles. The van der Waals surface area contributed by atoms with Crippen LogP contribution in [0.15, 0.2) is 10.5 Å². The number of hydrogen-bond acceptors (Lipinski definition) is 2. The average Bonchev–Trinajstić information content (AvgIpc) is 2.37. The minimum atomic E-state index is 0.143. The maximum Gasteiger partial charge on any atom is 0.122 e. The van der Waals surface area contributed by atoms with E-state index in [0.29, 0.717) is 0 Å². The van der Waals surface area contributed by atoms with Crippen molar-refractivity contribution in [2.75, 3.05) is 0 Å². The van der Waals surface area contributed by atoms with Crippen molar-refractivity contribution in [3.8, 4) is 0 Å². The zero-order valence-corrected chi connectivity index (χ0v) is 7.90. The molecule has 0 aromatic carbocycles. The average molecular weight is 165 g/mol. The fourth-order valence-electron chi connectivity index (χ4n) is 1.45. The maximum absolute atomic E-state index is 5.73. The van der Waals surface area contributed by atoms with E-state index in [9.17, 15) is 0 Å². The molecule has 2 heteroatoms. The summed E-state index contributed by atoms with van der Waals surface area (Å²) in [6, 6.07) is 2.18. The van der Waals surface area contributed by atoms with Crippen LogP contribution in [0.4, 0.5) is 0 Å². The highest BCUT2D eigenvalue weighted by molar-refractivity contribution is 5.27. The summed E-state index contributed by atoms with van der Waals surface area (Å²) in [7, 11) is 0. The van der Waals surface area contributed by atoms with Gasteiger partial charge in [-0.05, 0) is 6.07 Å². The monoisotopic (exact) mass is 165 g/mol. The first-order valence-electron chi connectivity index (χ1n) is 4.40. The molecule has 0 bridgehead atoms. The van der Waals surface area contributed by atoms with Crippen LogP contribution in [0.2, 0.25) is 0 Å². The predicted octanol–water partition coefficient (Wildman–Crippen LogP) is 2.18. The van der Waals surface area contributed by atoms with E-state index in [1.165, 1.54) is 5.56 Å². The van der Waals surface area contributed by atoms with Gasteiger partial charge in [-0.3, -0.25) is 0 Å². The first-order valence-corrected chi connectivity index (χ1v) is 4.40. The fourth-order valence-corrected chi connectivity index (χ4v) is 1.45. The van der Waals surface area contributed by atoms with E-state index >= 15 is 0 Å². The third kappa shape index (κ3) is 1.16. The lowest BCUT2D eigenvalue weighted by Crippen LogP contribution is -2.10. The molecule has 0 aliphatic carbocycles. The third-order valence-electron chi connectivity index (χ3n) is 2.24. The van der Waals surface area contributed by atoms with Gasteiger partial charge in [0, 0.05) is 17.5 Å². The van der Waals surface area contributed by atoms with Gasteiger partial charge in [0.2, 0.25) is 0 Å². The lowest BCUT2D eigenvalue weighted by atomic mass is 9.93. The van der Waals surface area contributed by atoms with Crippen molar-refractivity contribution < 1.29 is 4.42 Å². The molecule has 0 amide bonds. The van der Waals surface area contributed by atoms with E-state index in [0.717, 1.165) is 24.6 Å². The van der Waals surface area contributed by atoms with Crippen molar-refractivity contribution in [1.29, 1.82) is 0 Å². The third-order valence-corrected chi connectivity index (χ3v) is 2.24. The van der Waals surface area contributed by atoms with Crippen LogP contribution >= 0.6 is 0 Å². The molecule has 1 aliphatic rings. The molecule has 1 aliphatic heterocycles. The van der Waals surface area contributed by atoms with Crippen LogP contribution in [0.3, 0.4) is 0 Å². The van der Waals surface area contributed by atoms with Gasteiger partial charge < -0.3 is 9.73 Å². The molecule has 2 nitrogen and oxygen atoms in total. The molecule has 12 heavy (non-hydrogen) atoms. The van der Waals surface area contributed by atoms with Crippen LogP contribution in [0.25, 0.3) is 0 Å². The second-order valence-electron chi connectivity index (χ2n) is 4.41. The Balaban J connectivity index is 2.38. The number of hydrogen-bond donors (Lipinski definition) is 1. The smallest absolute Gasteiger partial charge is 0.122 e. The van der Waals surface area contributed by atoms with Gasteiger partial charge in [-0.15, -0.1) is 0 Å². The summed E-state index contributed by atoms with van der Waals surface area (Å²) in [6.07, 6.45) is 0. The summed E-state index contributed by atoms with van der Waals surface area (Å²) < 4.78 is 5.73. The SMILES string of the molecule is CC(C)(C)c1cc2c(o1)CNC2. The van der Waals surface area contributed by atoms with Crippen LogP contribution in [0.1, 0.15) is 37.9 Å². The summed E-state index contributed by atoms with van der Waals surface area (Å²) in [4.78, 5) is 0. The van der Waals surface area contributed by atoms with Crippen molar-refractivity contribution in [3.63, 3.8) is 0 Å². The Morgan fingerprint density at radius 1 is 1.33 bits per heavy atom. The van der Waals surface area contributed by atoms with Gasteiger partial charge in [0.05, 0.1) is 6.54 Å². The lowest BCUT2D eigenvalue weighted by molar-refractivity contribution is 0.385. The summed E-state index contributed by atoms with van der Waals surface area (Å²) in [6.45, 7) is 8.39. The Hall–Kier alpha value is -0.760. The van der Waals surface area contributed by atoms with E-state index in [1.54, 1.807) is 0 Å². The predicted molar refractivity (Wildman–Crippen MR) is 48.0 cm³/mol. The summed E-state index contributed by atoms with van der Waals surface area (Å²) in [5.41, 5.74) is 1.48. The van der Waals surface area contributed by atoms with Crippen LogP contribution in [0, 0.1) is 0 Å². The Morgan fingerprint density at radius 2 is 2.08 bits per heavy atom.